The Morgan fingerprint density at radius 2 is 2.15 bits per heavy atom. The third-order valence-electron chi connectivity index (χ3n) is 3.18. The molecule has 0 unspecified atom stereocenters. The first-order valence-corrected chi connectivity index (χ1v) is 7.21. The number of likely N-dealkylation sites (tertiary alicyclic amines) is 1. The first kappa shape index (κ1) is 15.1. The van der Waals surface area contributed by atoms with Crippen molar-refractivity contribution in [2.45, 2.75) is 29.5 Å². The number of benzene rings is 1. The number of carbonyl (C=O) groups excluding carboxylic acids is 1. The first-order chi connectivity index (χ1) is 9.60. The molecule has 2 amide bonds. The minimum absolute atomic E-state index is 0.0443. The molecular weight excluding hydrogens is 286 g/mol. The number of hydrogen-bond donors (Lipinski definition) is 2. The number of rotatable bonds is 4. The minimum Gasteiger partial charge on any atom is -0.394 e. The van der Waals surface area contributed by atoms with Crippen LogP contribution in [0.3, 0.4) is 0 Å². The molecular formula is C13H16F2N2O2S. The van der Waals surface area contributed by atoms with Gasteiger partial charge in [-0.05, 0) is 37.1 Å². The van der Waals surface area contributed by atoms with E-state index in [1.807, 2.05) is 0 Å². The number of urea groups is 1. The Hall–Kier alpha value is -1.34. The van der Waals surface area contributed by atoms with Gasteiger partial charge in [0, 0.05) is 17.1 Å². The summed E-state index contributed by atoms with van der Waals surface area (Å²) in [4.78, 5) is 14.1. The van der Waals surface area contributed by atoms with Crippen molar-refractivity contribution in [2.75, 3.05) is 18.5 Å². The number of aliphatic hydroxyl groups excluding tert-OH is 1. The van der Waals surface area contributed by atoms with Gasteiger partial charge < -0.3 is 15.3 Å². The standard InChI is InChI=1S/C13H16F2N2O2S/c14-12(15)20-11-5-3-9(4-6-11)16-13(19)17-7-1-2-10(17)8-18/h3-6,10,12,18H,1-2,7-8H2,(H,16,19)/t10-/m0/s1. The zero-order valence-electron chi connectivity index (χ0n) is 10.8. The topological polar surface area (TPSA) is 52.6 Å². The Morgan fingerprint density at radius 1 is 1.45 bits per heavy atom. The van der Waals surface area contributed by atoms with Gasteiger partial charge in [-0.3, -0.25) is 0 Å². The Labute approximate surface area is 120 Å². The highest BCUT2D eigenvalue weighted by atomic mass is 32.2. The lowest BCUT2D eigenvalue weighted by Gasteiger charge is -2.23. The van der Waals surface area contributed by atoms with Crippen LogP contribution in [0.1, 0.15) is 12.8 Å². The van der Waals surface area contributed by atoms with Crippen LogP contribution in [0.4, 0.5) is 19.3 Å². The second-order valence-corrected chi connectivity index (χ2v) is 5.57. The van der Waals surface area contributed by atoms with E-state index < -0.39 is 5.76 Å². The highest BCUT2D eigenvalue weighted by molar-refractivity contribution is 7.99. The predicted molar refractivity (Wildman–Crippen MR) is 74.1 cm³/mol. The SMILES string of the molecule is O=C(Nc1ccc(SC(F)F)cc1)N1CCC[C@H]1CO. The summed E-state index contributed by atoms with van der Waals surface area (Å²) in [6, 6.07) is 5.86. The normalized spacial score (nSPS) is 18.6. The van der Waals surface area contributed by atoms with Crippen LogP contribution in [-0.4, -0.2) is 41.0 Å². The molecule has 20 heavy (non-hydrogen) atoms. The van der Waals surface area contributed by atoms with Crippen molar-refractivity contribution >= 4 is 23.5 Å². The lowest BCUT2D eigenvalue weighted by molar-refractivity contribution is 0.166. The van der Waals surface area contributed by atoms with E-state index in [2.05, 4.69) is 5.32 Å². The summed E-state index contributed by atoms with van der Waals surface area (Å²) in [7, 11) is 0. The largest absolute Gasteiger partial charge is 0.394 e. The summed E-state index contributed by atoms with van der Waals surface area (Å²) in [5.41, 5.74) is 0.553. The molecule has 4 nitrogen and oxygen atoms in total. The molecule has 1 aromatic rings. The van der Waals surface area contributed by atoms with Crippen LogP contribution >= 0.6 is 11.8 Å². The van der Waals surface area contributed by atoms with Crippen molar-refractivity contribution < 1.29 is 18.7 Å². The van der Waals surface area contributed by atoms with E-state index in [-0.39, 0.29) is 18.7 Å². The molecule has 1 fully saturated rings. The Bertz CT molecular complexity index is 456. The van der Waals surface area contributed by atoms with Crippen molar-refractivity contribution in [3.05, 3.63) is 24.3 Å². The van der Waals surface area contributed by atoms with Gasteiger partial charge in [0.15, 0.2) is 0 Å². The van der Waals surface area contributed by atoms with Crippen LogP contribution in [0.2, 0.25) is 0 Å². The van der Waals surface area contributed by atoms with Gasteiger partial charge in [-0.25, -0.2) is 4.79 Å². The number of halogens is 2. The van der Waals surface area contributed by atoms with Crippen LogP contribution in [0.25, 0.3) is 0 Å². The minimum atomic E-state index is -2.45. The van der Waals surface area contributed by atoms with E-state index in [4.69, 9.17) is 0 Å². The molecule has 110 valence electrons. The maximum atomic E-state index is 12.2. The van der Waals surface area contributed by atoms with Gasteiger partial charge in [0.1, 0.15) is 0 Å². The van der Waals surface area contributed by atoms with E-state index in [0.29, 0.717) is 28.9 Å². The Morgan fingerprint density at radius 3 is 2.75 bits per heavy atom. The molecule has 0 aromatic heterocycles. The van der Waals surface area contributed by atoms with Crippen molar-refractivity contribution in [3.63, 3.8) is 0 Å². The van der Waals surface area contributed by atoms with Crippen LogP contribution < -0.4 is 5.32 Å². The van der Waals surface area contributed by atoms with E-state index >= 15 is 0 Å². The van der Waals surface area contributed by atoms with Crippen LogP contribution in [0.5, 0.6) is 0 Å². The van der Waals surface area contributed by atoms with Crippen molar-refractivity contribution in [1.29, 1.82) is 0 Å². The molecule has 1 saturated heterocycles. The number of aliphatic hydroxyl groups is 1. The third-order valence-corrected chi connectivity index (χ3v) is 3.90. The monoisotopic (exact) mass is 302 g/mol. The fourth-order valence-electron chi connectivity index (χ4n) is 2.21. The van der Waals surface area contributed by atoms with Gasteiger partial charge in [0.25, 0.3) is 5.76 Å². The van der Waals surface area contributed by atoms with Gasteiger partial charge in [-0.1, -0.05) is 11.8 Å². The van der Waals surface area contributed by atoms with Crippen molar-refractivity contribution in [2.24, 2.45) is 0 Å². The summed E-state index contributed by atoms with van der Waals surface area (Å²) in [6.07, 6.45) is 1.68. The van der Waals surface area contributed by atoms with Gasteiger partial charge >= 0.3 is 6.03 Å². The van der Waals surface area contributed by atoms with Crippen LogP contribution in [0.15, 0.2) is 29.2 Å². The second-order valence-electron chi connectivity index (χ2n) is 4.51. The third kappa shape index (κ3) is 3.83. The number of nitrogens with one attached hydrogen (secondary N) is 1. The van der Waals surface area contributed by atoms with Crippen LogP contribution in [0, 0.1) is 0 Å². The number of nitrogens with zero attached hydrogens (tertiary/aromatic N) is 1. The highest BCUT2D eigenvalue weighted by Crippen LogP contribution is 2.26. The summed E-state index contributed by atoms with van der Waals surface area (Å²) in [5.74, 6) is -2.45. The zero-order valence-corrected chi connectivity index (χ0v) is 11.6. The van der Waals surface area contributed by atoms with Gasteiger partial charge in [0.05, 0.1) is 12.6 Å². The number of thioether (sulfide) groups is 1. The van der Waals surface area contributed by atoms with E-state index in [9.17, 15) is 18.7 Å². The molecule has 1 aliphatic heterocycles. The number of alkyl halides is 2. The average molecular weight is 302 g/mol. The van der Waals surface area contributed by atoms with E-state index in [1.165, 1.54) is 0 Å². The molecule has 0 radical (unpaired) electrons. The molecule has 1 aliphatic rings. The molecule has 0 aliphatic carbocycles. The average Bonchev–Trinajstić information content (AvgIpc) is 2.89. The summed E-state index contributed by atoms with van der Waals surface area (Å²) in [5, 5.41) is 11.9. The Kier molecular flexibility index (Phi) is 5.19. The lowest BCUT2D eigenvalue weighted by atomic mass is 10.2. The molecule has 7 heteroatoms. The zero-order chi connectivity index (χ0) is 14.5. The number of amides is 2. The number of anilines is 1. The Balaban J connectivity index is 1.94. The molecule has 1 atom stereocenters. The van der Waals surface area contributed by atoms with E-state index in [0.717, 1.165) is 12.8 Å². The van der Waals surface area contributed by atoms with Crippen LogP contribution in [-0.2, 0) is 0 Å². The molecule has 0 saturated carbocycles. The predicted octanol–water partition coefficient (Wildman–Crippen LogP) is 2.99. The molecule has 2 rings (SSSR count). The van der Waals surface area contributed by atoms with Gasteiger partial charge in [-0.15, -0.1) is 0 Å². The van der Waals surface area contributed by atoms with E-state index in [1.54, 1.807) is 29.2 Å². The number of hydrogen-bond acceptors (Lipinski definition) is 3. The maximum absolute atomic E-state index is 12.2. The fraction of sp³-hybridized carbons (Fsp3) is 0.462. The molecule has 1 aromatic carbocycles. The van der Waals surface area contributed by atoms with Crippen molar-refractivity contribution in [3.8, 4) is 0 Å². The van der Waals surface area contributed by atoms with Gasteiger partial charge in [-0.2, -0.15) is 8.78 Å². The maximum Gasteiger partial charge on any atom is 0.322 e. The molecule has 2 N–H and O–H groups in total. The quantitative estimate of drug-likeness (QED) is 0.841. The lowest BCUT2D eigenvalue weighted by Crippen LogP contribution is -2.40. The smallest absolute Gasteiger partial charge is 0.322 e. The second kappa shape index (κ2) is 6.90. The number of carbonyl (C=O) groups is 1. The fourth-order valence-corrected chi connectivity index (χ4v) is 2.71. The van der Waals surface area contributed by atoms with Crippen molar-refractivity contribution in [1.82, 2.24) is 4.90 Å². The molecule has 0 spiro atoms. The summed E-state index contributed by atoms with van der Waals surface area (Å²) in [6.45, 7) is 0.577. The molecule has 0 bridgehead atoms. The summed E-state index contributed by atoms with van der Waals surface area (Å²) >= 11 is 0.466. The molecule has 1 heterocycles. The highest BCUT2D eigenvalue weighted by Gasteiger charge is 2.27. The summed E-state index contributed by atoms with van der Waals surface area (Å²) < 4.78 is 24.4. The first-order valence-electron chi connectivity index (χ1n) is 6.33. The van der Waals surface area contributed by atoms with Gasteiger partial charge in [0.2, 0.25) is 0 Å².